The quantitative estimate of drug-likeness (QED) is 0.615. The van der Waals surface area contributed by atoms with Gasteiger partial charge in [-0.05, 0) is 48.6 Å². The summed E-state index contributed by atoms with van der Waals surface area (Å²) < 4.78 is 6.09. The Bertz CT molecular complexity index is 669. The monoisotopic (exact) mass is 366 g/mol. The van der Waals surface area contributed by atoms with Gasteiger partial charge in [-0.1, -0.05) is 67.6 Å². The molecule has 0 saturated heterocycles. The van der Waals surface area contributed by atoms with Crippen LogP contribution in [0.4, 0.5) is 0 Å². The minimum atomic E-state index is 0.254. The number of ether oxygens (including phenoxy) is 1. The fourth-order valence-corrected chi connectivity index (χ4v) is 3.54. The van der Waals surface area contributed by atoms with Crippen molar-refractivity contribution in [2.24, 2.45) is 17.1 Å². The van der Waals surface area contributed by atoms with Crippen LogP contribution in [0.25, 0.3) is 0 Å². The maximum atomic E-state index is 6.56. The van der Waals surface area contributed by atoms with Crippen molar-refractivity contribution in [3.63, 3.8) is 0 Å². The van der Waals surface area contributed by atoms with Crippen LogP contribution in [0.5, 0.6) is 0 Å². The Morgan fingerprint density at radius 2 is 1.59 bits per heavy atom. The molecule has 2 aromatic carbocycles. The summed E-state index contributed by atoms with van der Waals surface area (Å²) in [6, 6.07) is 21.6. The Morgan fingerprint density at radius 3 is 2.19 bits per heavy atom. The van der Waals surface area contributed by atoms with Crippen LogP contribution < -0.4 is 11.1 Å². The molecule has 0 heterocycles. The molecule has 0 radical (unpaired) electrons. The number of nitrogens with one attached hydrogen (secondary N) is 1. The van der Waals surface area contributed by atoms with Crippen molar-refractivity contribution < 1.29 is 4.74 Å². The smallest absolute Gasteiger partial charge is 0.0717 e. The summed E-state index contributed by atoms with van der Waals surface area (Å²) in [5.74, 6) is 0.407. The van der Waals surface area contributed by atoms with Gasteiger partial charge in [0, 0.05) is 18.6 Å². The standard InChI is InChI=1S/C24H34N2O/c1-19(26-16-20-9-5-3-6-10-20)22(15-23(25)24(2)13-14-24)18-27-17-21-11-7-4-8-12-21/h3-12,19,22-23,26H,13-18,25H2,1-2H3. The molecule has 3 nitrogen and oxygen atoms in total. The molecule has 2 aromatic rings. The molecule has 1 aliphatic rings. The fourth-order valence-electron chi connectivity index (χ4n) is 3.54. The molecule has 3 heteroatoms. The van der Waals surface area contributed by atoms with Crippen LogP contribution >= 0.6 is 0 Å². The molecule has 0 spiro atoms. The van der Waals surface area contributed by atoms with E-state index in [0.29, 0.717) is 24.0 Å². The van der Waals surface area contributed by atoms with Gasteiger partial charge in [-0.3, -0.25) is 0 Å². The van der Waals surface area contributed by atoms with Gasteiger partial charge in [0.15, 0.2) is 0 Å². The summed E-state index contributed by atoms with van der Waals surface area (Å²) in [4.78, 5) is 0. The normalized spacial score (nSPS) is 18.6. The van der Waals surface area contributed by atoms with E-state index in [1.54, 1.807) is 0 Å². The number of nitrogens with two attached hydrogens (primary N) is 1. The van der Waals surface area contributed by atoms with Crippen LogP contribution in [0.3, 0.4) is 0 Å². The maximum absolute atomic E-state index is 6.56. The van der Waals surface area contributed by atoms with Crippen LogP contribution in [0, 0.1) is 11.3 Å². The van der Waals surface area contributed by atoms with E-state index in [1.807, 2.05) is 6.07 Å². The average Bonchev–Trinajstić information content (AvgIpc) is 3.45. The molecular formula is C24H34N2O. The van der Waals surface area contributed by atoms with Gasteiger partial charge in [0.1, 0.15) is 0 Å². The zero-order valence-corrected chi connectivity index (χ0v) is 16.7. The van der Waals surface area contributed by atoms with E-state index in [0.717, 1.165) is 19.6 Å². The van der Waals surface area contributed by atoms with Crippen LogP contribution in [-0.4, -0.2) is 18.7 Å². The molecular weight excluding hydrogens is 332 g/mol. The van der Waals surface area contributed by atoms with Crippen molar-refractivity contribution in [2.45, 2.75) is 58.3 Å². The predicted octanol–water partition coefficient (Wildman–Crippen LogP) is 4.52. The van der Waals surface area contributed by atoms with Gasteiger partial charge in [0.2, 0.25) is 0 Å². The lowest BCUT2D eigenvalue weighted by atomic mass is 9.87. The van der Waals surface area contributed by atoms with Gasteiger partial charge >= 0.3 is 0 Å². The van der Waals surface area contributed by atoms with E-state index in [4.69, 9.17) is 10.5 Å². The van der Waals surface area contributed by atoms with E-state index < -0.39 is 0 Å². The molecule has 27 heavy (non-hydrogen) atoms. The second-order valence-electron chi connectivity index (χ2n) is 8.41. The van der Waals surface area contributed by atoms with Crippen molar-refractivity contribution in [1.29, 1.82) is 0 Å². The molecule has 3 N–H and O–H groups in total. The van der Waals surface area contributed by atoms with Crippen molar-refractivity contribution in [2.75, 3.05) is 6.61 Å². The first-order chi connectivity index (χ1) is 13.1. The highest BCUT2D eigenvalue weighted by atomic mass is 16.5. The van der Waals surface area contributed by atoms with Crippen LogP contribution in [0.15, 0.2) is 60.7 Å². The molecule has 0 aromatic heterocycles. The third-order valence-corrected chi connectivity index (χ3v) is 6.11. The maximum Gasteiger partial charge on any atom is 0.0717 e. The Hall–Kier alpha value is -1.68. The topological polar surface area (TPSA) is 47.3 Å². The van der Waals surface area contributed by atoms with Gasteiger partial charge in [0.25, 0.3) is 0 Å². The summed E-state index contributed by atoms with van der Waals surface area (Å²) in [6.07, 6.45) is 3.53. The Balaban J connectivity index is 1.54. The number of rotatable bonds is 11. The Kier molecular flexibility index (Phi) is 7.06. The molecule has 0 aliphatic heterocycles. The van der Waals surface area contributed by atoms with Gasteiger partial charge in [-0.25, -0.2) is 0 Å². The Labute approximate surface area is 164 Å². The predicted molar refractivity (Wildman–Crippen MR) is 112 cm³/mol. The highest BCUT2D eigenvalue weighted by molar-refractivity contribution is 5.15. The molecule has 0 amide bonds. The average molecular weight is 367 g/mol. The van der Waals surface area contributed by atoms with E-state index in [1.165, 1.54) is 24.0 Å². The van der Waals surface area contributed by atoms with Crippen LogP contribution in [0.2, 0.25) is 0 Å². The zero-order chi connectivity index (χ0) is 19.1. The first-order valence-electron chi connectivity index (χ1n) is 10.2. The molecule has 146 valence electrons. The highest BCUT2D eigenvalue weighted by Gasteiger charge is 2.43. The van der Waals surface area contributed by atoms with Crippen LogP contribution in [-0.2, 0) is 17.9 Å². The minimum absolute atomic E-state index is 0.254. The lowest BCUT2D eigenvalue weighted by molar-refractivity contribution is 0.0663. The molecule has 1 fully saturated rings. The molecule has 1 aliphatic carbocycles. The second-order valence-corrected chi connectivity index (χ2v) is 8.41. The lowest BCUT2D eigenvalue weighted by Gasteiger charge is -2.30. The number of hydrogen-bond acceptors (Lipinski definition) is 3. The van der Waals surface area contributed by atoms with Gasteiger partial charge < -0.3 is 15.8 Å². The highest BCUT2D eigenvalue weighted by Crippen LogP contribution is 2.48. The second kappa shape index (κ2) is 9.50. The SMILES string of the molecule is CC(NCc1ccccc1)C(COCc1ccccc1)CC(N)C1(C)CC1. The van der Waals surface area contributed by atoms with Gasteiger partial charge in [0.05, 0.1) is 13.2 Å². The summed E-state index contributed by atoms with van der Waals surface area (Å²) in [5.41, 5.74) is 9.44. The van der Waals surface area contributed by atoms with Crippen LogP contribution in [0.1, 0.15) is 44.2 Å². The first kappa shape index (κ1) is 20.1. The largest absolute Gasteiger partial charge is 0.376 e. The first-order valence-corrected chi connectivity index (χ1v) is 10.2. The van der Waals surface area contributed by atoms with E-state index in [2.05, 4.69) is 73.8 Å². The number of benzene rings is 2. The van der Waals surface area contributed by atoms with Crippen molar-refractivity contribution in [3.05, 3.63) is 71.8 Å². The molecule has 1 saturated carbocycles. The number of hydrogen-bond donors (Lipinski definition) is 2. The van der Waals surface area contributed by atoms with E-state index >= 15 is 0 Å². The van der Waals surface area contributed by atoms with Crippen molar-refractivity contribution in [3.8, 4) is 0 Å². The summed E-state index contributed by atoms with van der Waals surface area (Å²) in [6.45, 7) is 6.86. The lowest BCUT2D eigenvalue weighted by Crippen LogP contribution is -2.41. The van der Waals surface area contributed by atoms with Crippen molar-refractivity contribution in [1.82, 2.24) is 5.32 Å². The fraction of sp³-hybridized carbons (Fsp3) is 0.500. The zero-order valence-electron chi connectivity index (χ0n) is 16.7. The minimum Gasteiger partial charge on any atom is -0.376 e. The Morgan fingerprint density at radius 1 is 1.00 bits per heavy atom. The van der Waals surface area contributed by atoms with Gasteiger partial charge in [-0.2, -0.15) is 0 Å². The third kappa shape index (κ3) is 6.17. The molecule has 3 unspecified atom stereocenters. The summed E-state index contributed by atoms with van der Waals surface area (Å²) >= 11 is 0. The summed E-state index contributed by atoms with van der Waals surface area (Å²) in [7, 11) is 0. The molecule has 0 bridgehead atoms. The molecule has 3 atom stereocenters. The van der Waals surface area contributed by atoms with Crippen molar-refractivity contribution >= 4 is 0 Å². The van der Waals surface area contributed by atoms with Gasteiger partial charge in [-0.15, -0.1) is 0 Å². The molecule has 3 rings (SSSR count). The van der Waals surface area contributed by atoms with E-state index in [-0.39, 0.29) is 6.04 Å². The van der Waals surface area contributed by atoms with E-state index in [9.17, 15) is 0 Å². The summed E-state index contributed by atoms with van der Waals surface area (Å²) in [5, 5.41) is 3.69. The third-order valence-electron chi connectivity index (χ3n) is 6.11.